The molecule has 90 valence electrons. The number of allylic oxidation sites excluding steroid dienone is 3. The van der Waals surface area contributed by atoms with E-state index >= 15 is 0 Å². The second-order valence-corrected chi connectivity index (χ2v) is 6.37. The molecule has 0 saturated heterocycles. The smallest absolute Gasteiger partial charge is 0.0654 e. The molecule has 0 heterocycles. The molecular formula is C15H24O. The van der Waals surface area contributed by atoms with Crippen LogP contribution in [0.4, 0.5) is 0 Å². The predicted molar refractivity (Wildman–Crippen MR) is 68.2 cm³/mol. The van der Waals surface area contributed by atoms with Gasteiger partial charge in [0, 0.05) is 5.92 Å². The summed E-state index contributed by atoms with van der Waals surface area (Å²) in [6.45, 7) is 8.46. The zero-order chi connectivity index (χ0) is 12.0. The lowest BCUT2D eigenvalue weighted by molar-refractivity contribution is 0.0239. The van der Waals surface area contributed by atoms with Crippen molar-refractivity contribution in [3.63, 3.8) is 0 Å². The highest BCUT2D eigenvalue weighted by Crippen LogP contribution is 2.49. The van der Waals surface area contributed by atoms with Crippen molar-refractivity contribution in [1.29, 1.82) is 0 Å². The van der Waals surface area contributed by atoms with Crippen LogP contribution in [0.5, 0.6) is 0 Å². The van der Waals surface area contributed by atoms with E-state index in [0.717, 1.165) is 6.42 Å². The normalized spacial score (nSPS) is 35.2. The Labute approximate surface area is 99.3 Å². The maximum atomic E-state index is 10.1. The van der Waals surface area contributed by atoms with Crippen LogP contribution in [0.2, 0.25) is 0 Å². The van der Waals surface area contributed by atoms with Gasteiger partial charge in [-0.15, -0.1) is 0 Å². The van der Waals surface area contributed by atoms with E-state index in [1.165, 1.54) is 30.4 Å². The summed E-state index contributed by atoms with van der Waals surface area (Å²) in [6.07, 6.45) is 9.52. The molecule has 0 aromatic heterocycles. The van der Waals surface area contributed by atoms with Gasteiger partial charge in [0.2, 0.25) is 0 Å². The van der Waals surface area contributed by atoms with Crippen molar-refractivity contribution in [2.75, 3.05) is 0 Å². The molecule has 0 amide bonds. The first-order valence-corrected chi connectivity index (χ1v) is 6.45. The number of rotatable bonds is 1. The molecule has 0 aliphatic heterocycles. The van der Waals surface area contributed by atoms with Gasteiger partial charge in [0.05, 0.1) is 5.60 Å². The quantitative estimate of drug-likeness (QED) is 0.712. The lowest BCUT2D eigenvalue weighted by atomic mass is 9.62. The molecule has 0 aromatic carbocycles. The molecule has 1 nitrogen and oxygen atoms in total. The highest BCUT2D eigenvalue weighted by atomic mass is 16.3. The summed E-state index contributed by atoms with van der Waals surface area (Å²) in [7, 11) is 0. The topological polar surface area (TPSA) is 20.2 Å². The minimum absolute atomic E-state index is 0.317. The average molecular weight is 220 g/mol. The first-order chi connectivity index (χ1) is 7.33. The van der Waals surface area contributed by atoms with E-state index in [2.05, 4.69) is 26.0 Å². The number of hydrogen-bond acceptors (Lipinski definition) is 1. The predicted octanol–water partition coefficient (Wildman–Crippen LogP) is 3.84. The summed E-state index contributed by atoms with van der Waals surface area (Å²) >= 11 is 0. The standard InChI is InChI=1S/C15H24O/c1-11-6-5-8-15(4)9-7-12(10-13(11)15)14(2,3)16/h6,10,12,16H,5,7-9H2,1-4H3. The first kappa shape index (κ1) is 11.9. The fourth-order valence-corrected chi connectivity index (χ4v) is 3.24. The SMILES string of the molecule is CC1=CCCC2(C)CCC(C(C)(C)O)C=C12. The summed E-state index contributed by atoms with van der Waals surface area (Å²) < 4.78 is 0. The lowest BCUT2D eigenvalue weighted by Gasteiger charge is -2.43. The molecule has 2 atom stereocenters. The second kappa shape index (κ2) is 3.73. The van der Waals surface area contributed by atoms with E-state index in [1.54, 1.807) is 0 Å². The number of aliphatic hydroxyl groups is 1. The van der Waals surface area contributed by atoms with E-state index in [-0.39, 0.29) is 0 Å². The molecule has 2 aliphatic rings. The molecule has 2 aliphatic carbocycles. The van der Waals surface area contributed by atoms with Gasteiger partial charge in [0.1, 0.15) is 0 Å². The van der Waals surface area contributed by atoms with Gasteiger partial charge in [-0.1, -0.05) is 24.6 Å². The third-order valence-corrected chi connectivity index (χ3v) is 4.50. The molecule has 2 unspecified atom stereocenters. The fraction of sp³-hybridized carbons (Fsp3) is 0.733. The van der Waals surface area contributed by atoms with Crippen LogP contribution in [-0.4, -0.2) is 10.7 Å². The maximum absolute atomic E-state index is 10.1. The summed E-state index contributed by atoms with van der Waals surface area (Å²) in [5.74, 6) is 0.317. The summed E-state index contributed by atoms with van der Waals surface area (Å²) in [6, 6.07) is 0. The summed E-state index contributed by atoms with van der Waals surface area (Å²) in [5, 5.41) is 10.1. The molecule has 16 heavy (non-hydrogen) atoms. The second-order valence-electron chi connectivity index (χ2n) is 6.37. The minimum atomic E-state index is -0.577. The Balaban J connectivity index is 2.37. The van der Waals surface area contributed by atoms with E-state index < -0.39 is 5.60 Å². The highest BCUT2D eigenvalue weighted by Gasteiger charge is 2.39. The first-order valence-electron chi connectivity index (χ1n) is 6.45. The summed E-state index contributed by atoms with van der Waals surface area (Å²) in [5.41, 5.74) is 2.73. The van der Waals surface area contributed by atoms with Gasteiger partial charge in [-0.3, -0.25) is 0 Å². The molecule has 0 spiro atoms. The van der Waals surface area contributed by atoms with Crippen LogP contribution in [0, 0.1) is 11.3 Å². The van der Waals surface area contributed by atoms with Crippen LogP contribution in [0.15, 0.2) is 23.3 Å². The zero-order valence-electron chi connectivity index (χ0n) is 11.0. The van der Waals surface area contributed by atoms with Gasteiger partial charge in [0.15, 0.2) is 0 Å². The van der Waals surface area contributed by atoms with Gasteiger partial charge >= 0.3 is 0 Å². The highest BCUT2D eigenvalue weighted by molar-refractivity contribution is 5.39. The van der Waals surface area contributed by atoms with Crippen LogP contribution in [0.1, 0.15) is 53.4 Å². The van der Waals surface area contributed by atoms with Crippen LogP contribution < -0.4 is 0 Å². The van der Waals surface area contributed by atoms with Crippen molar-refractivity contribution >= 4 is 0 Å². The van der Waals surface area contributed by atoms with Gasteiger partial charge in [0.25, 0.3) is 0 Å². The molecule has 0 radical (unpaired) electrons. The average Bonchev–Trinajstić information content (AvgIpc) is 2.15. The molecule has 0 aromatic rings. The van der Waals surface area contributed by atoms with Crippen molar-refractivity contribution in [2.45, 2.75) is 59.0 Å². The molecule has 1 heteroatoms. The summed E-state index contributed by atoms with van der Waals surface area (Å²) in [4.78, 5) is 0. The Bertz CT molecular complexity index is 343. The van der Waals surface area contributed by atoms with E-state index in [1.807, 2.05) is 13.8 Å². The van der Waals surface area contributed by atoms with Crippen molar-refractivity contribution in [2.24, 2.45) is 11.3 Å². The monoisotopic (exact) mass is 220 g/mol. The van der Waals surface area contributed by atoms with Crippen molar-refractivity contribution in [1.82, 2.24) is 0 Å². The Morgan fingerprint density at radius 1 is 1.38 bits per heavy atom. The molecular weight excluding hydrogens is 196 g/mol. The third kappa shape index (κ3) is 1.98. The third-order valence-electron chi connectivity index (χ3n) is 4.50. The Morgan fingerprint density at radius 2 is 2.06 bits per heavy atom. The fourth-order valence-electron chi connectivity index (χ4n) is 3.24. The maximum Gasteiger partial charge on any atom is 0.0654 e. The van der Waals surface area contributed by atoms with Crippen molar-refractivity contribution in [3.8, 4) is 0 Å². The Kier molecular flexibility index (Phi) is 2.78. The Hall–Kier alpha value is -0.560. The molecule has 0 fully saturated rings. The minimum Gasteiger partial charge on any atom is -0.390 e. The van der Waals surface area contributed by atoms with Crippen LogP contribution >= 0.6 is 0 Å². The van der Waals surface area contributed by atoms with E-state index in [0.29, 0.717) is 11.3 Å². The largest absolute Gasteiger partial charge is 0.390 e. The number of fused-ring (bicyclic) bond motifs is 1. The van der Waals surface area contributed by atoms with Gasteiger partial charge < -0.3 is 5.11 Å². The number of hydrogen-bond donors (Lipinski definition) is 1. The molecule has 0 bridgehead atoms. The van der Waals surface area contributed by atoms with Crippen LogP contribution in [0.25, 0.3) is 0 Å². The van der Waals surface area contributed by atoms with Gasteiger partial charge in [-0.25, -0.2) is 0 Å². The molecule has 2 rings (SSSR count). The van der Waals surface area contributed by atoms with E-state index in [4.69, 9.17) is 0 Å². The lowest BCUT2D eigenvalue weighted by Crippen LogP contribution is -2.36. The van der Waals surface area contributed by atoms with Gasteiger partial charge in [-0.05, 0) is 57.4 Å². The van der Waals surface area contributed by atoms with Crippen molar-refractivity contribution in [3.05, 3.63) is 23.3 Å². The Morgan fingerprint density at radius 3 is 2.69 bits per heavy atom. The zero-order valence-corrected chi connectivity index (χ0v) is 11.0. The van der Waals surface area contributed by atoms with Gasteiger partial charge in [-0.2, -0.15) is 0 Å². The van der Waals surface area contributed by atoms with E-state index in [9.17, 15) is 5.11 Å². The van der Waals surface area contributed by atoms with Crippen LogP contribution in [0.3, 0.4) is 0 Å². The molecule has 0 saturated carbocycles. The van der Waals surface area contributed by atoms with Crippen molar-refractivity contribution < 1.29 is 5.11 Å². The van der Waals surface area contributed by atoms with Crippen LogP contribution in [-0.2, 0) is 0 Å². The molecule has 1 N–H and O–H groups in total.